The number of nitrogens with zero attached hydrogens (tertiary/aromatic N) is 1. The third-order valence-corrected chi connectivity index (χ3v) is 4.71. The lowest BCUT2D eigenvalue weighted by Gasteiger charge is -2.12. The molecule has 0 fully saturated rings. The third-order valence-electron chi connectivity index (χ3n) is 2.37. The molecule has 0 aliphatic carbocycles. The molecule has 1 aromatic carbocycles. The van der Waals surface area contributed by atoms with Gasteiger partial charge in [-0.3, -0.25) is 0 Å². The van der Waals surface area contributed by atoms with Gasteiger partial charge in [-0.25, -0.2) is 4.98 Å². The summed E-state index contributed by atoms with van der Waals surface area (Å²) >= 11 is 8.49. The summed E-state index contributed by atoms with van der Waals surface area (Å²) < 4.78 is 38.3. The predicted molar refractivity (Wildman–Crippen MR) is 77.3 cm³/mol. The number of aromatic nitrogens is 1. The standard InChI is InChI=1S/C11H7ClF3IN2S/c12-5-1-2-7(16)6(3-5)9(17)8-4-18-10(19-8)11(13,14)15/h1-4,9H,17H2. The minimum Gasteiger partial charge on any atom is -0.320 e. The van der Waals surface area contributed by atoms with Crippen LogP contribution in [0, 0.1) is 3.57 Å². The molecule has 0 aliphatic rings. The maximum atomic E-state index is 12.5. The van der Waals surface area contributed by atoms with E-state index >= 15 is 0 Å². The number of hydrogen-bond donors (Lipinski definition) is 1. The summed E-state index contributed by atoms with van der Waals surface area (Å²) in [5.74, 6) is 0. The summed E-state index contributed by atoms with van der Waals surface area (Å²) in [6, 6.07) is 4.46. The van der Waals surface area contributed by atoms with Gasteiger partial charge in [-0.1, -0.05) is 11.6 Å². The van der Waals surface area contributed by atoms with Crippen molar-refractivity contribution < 1.29 is 13.2 Å². The van der Waals surface area contributed by atoms with Crippen LogP contribution >= 0.6 is 45.5 Å². The molecule has 1 heterocycles. The first kappa shape index (κ1) is 15.0. The zero-order valence-corrected chi connectivity index (χ0v) is 12.9. The lowest BCUT2D eigenvalue weighted by molar-refractivity contribution is -0.137. The molecule has 1 atom stereocenters. The number of nitrogens with two attached hydrogens (primary N) is 1. The Morgan fingerprint density at radius 2 is 2.05 bits per heavy atom. The molecule has 0 bridgehead atoms. The van der Waals surface area contributed by atoms with E-state index < -0.39 is 17.2 Å². The van der Waals surface area contributed by atoms with Gasteiger partial charge in [0, 0.05) is 19.7 Å². The van der Waals surface area contributed by atoms with Crippen LogP contribution in [0.15, 0.2) is 24.4 Å². The Morgan fingerprint density at radius 3 is 2.63 bits per heavy atom. The highest BCUT2D eigenvalue weighted by Crippen LogP contribution is 2.36. The Balaban J connectivity index is 2.36. The van der Waals surface area contributed by atoms with Crippen molar-refractivity contribution in [2.75, 3.05) is 0 Å². The maximum Gasteiger partial charge on any atom is 0.443 e. The quantitative estimate of drug-likeness (QED) is 0.731. The fraction of sp³-hybridized carbons (Fsp3) is 0.182. The third kappa shape index (κ3) is 3.39. The molecule has 19 heavy (non-hydrogen) atoms. The highest BCUT2D eigenvalue weighted by atomic mass is 127. The summed E-state index contributed by atoms with van der Waals surface area (Å²) in [5, 5.41) is -0.401. The molecule has 0 radical (unpaired) electrons. The van der Waals surface area contributed by atoms with E-state index in [0.29, 0.717) is 26.8 Å². The second-order valence-electron chi connectivity index (χ2n) is 3.71. The number of thiazole rings is 1. The van der Waals surface area contributed by atoms with Gasteiger partial charge in [0.25, 0.3) is 0 Å². The molecule has 2 N–H and O–H groups in total. The minimum absolute atomic E-state index is 0.354. The largest absolute Gasteiger partial charge is 0.443 e. The van der Waals surface area contributed by atoms with Crippen molar-refractivity contribution in [2.24, 2.45) is 5.73 Å². The number of benzene rings is 1. The molecule has 0 amide bonds. The summed E-state index contributed by atoms with van der Waals surface area (Å²) in [6.07, 6.45) is -3.28. The van der Waals surface area contributed by atoms with Crippen LogP contribution in [-0.4, -0.2) is 4.98 Å². The molecule has 102 valence electrons. The zero-order valence-electron chi connectivity index (χ0n) is 9.21. The SMILES string of the molecule is NC(c1cnc(C(F)(F)F)s1)c1cc(Cl)ccc1I. The highest BCUT2D eigenvalue weighted by molar-refractivity contribution is 14.1. The Labute approximate surface area is 129 Å². The molecule has 2 rings (SSSR count). The molecular formula is C11H7ClF3IN2S. The molecular weight excluding hydrogens is 412 g/mol. The first-order chi connectivity index (χ1) is 8.79. The first-order valence-electron chi connectivity index (χ1n) is 5.02. The lowest BCUT2D eigenvalue weighted by Crippen LogP contribution is -2.11. The average molecular weight is 419 g/mol. The number of halogens is 5. The molecule has 8 heteroatoms. The summed E-state index contributed by atoms with van der Waals surface area (Å²) in [5.41, 5.74) is 6.67. The zero-order chi connectivity index (χ0) is 14.2. The van der Waals surface area contributed by atoms with Crippen molar-refractivity contribution in [1.82, 2.24) is 4.98 Å². The van der Waals surface area contributed by atoms with Gasteiger partial charge in [0.2, 0.25) is 0 Å². The van der Waals surface area contributed by atoms with E-state index in [1.807, 2.05) is 0 Å². The molecule has 0 saturated carbocycles. The van der Waals surface area contributed by atoms with E-state index in [0.717, 1.165) is 9.77 Å². The van der Waals surface area contributed by atoms with Crippen LogP contribution in [0.1, 0.15) is 21.5 Å². The highest BCUT2D eigenvalue weighted by Gasteiger charge is 2.35. The van der Waals surface area contributed by atoms with E-state index in [-0.39, 0.29) is 0 Å². The topological polar surface area (TPSA) is 38.9 Å². The Hall–Kier alpha value is -0.380. The van der Waals surface area contributed by atoms with Gasteiger partial charge in [-0.05, 0) is 46.4 Å². The summed E-state index contributed by atoms with van der Waals surface area (Å²) in [4.78, 5) is 3.72. The Bertz CT molecular complexity index is 600. The minimum atomic E-state index is -4.44. The maximum absolute atomic E-state index is 12.5. The summed E-state index contributed by atoms with van der Waals surface area (Å²) in [7, 11) is 0. The van der Waals surface area contributed by atoms with Gasteiger partial charge in [0.1, 0.15) is 0 Å². The number of rotatable bonds is 2. The van der Waals surface area contributed by atoms with Gasteiger partial charge in [-0.2, -0.15) is 13.2 Å². The van der Waals surface area contributed by atoms with Gasteiger partial charge in [0.05, 0.1) is 6.04 Å². The van der Waals surface area contributed by atoms with Gasteiger partial charge in [-0.15, -0.1) is 11.3 Å². The van der Waals surface area contributed by atoms with E-state index in [4.69, 9.17) is 17.3 Å². The molecule has 2 aromatic rings. The monoisotopic (exact) mass is 418 g/mol. The van der Waals surface area contributed by atoms with Crippen molar-refractivity contribution in [3.63, 3.8) is 0 Å². The van der Waals surface area contributed by atoms with Crippen LogP contribution in [-0.2, 0) is 6.18 Å². The van der Waals surface area contributed by atoms with Crippen LogP contribution in [0.2, 0.25) is 5.02 Å². The molecule has 0 spiro atoms. The summed E-state index contributed by atoms with van der Waals surface area (Å²) in [6.45, 7) is 0. The van der Waals surface area contributed by atoms with Gasteiger partial charge in [0.15, 0.2) is 5.01 Å². The smallest absolute Gasteiger partial charge is 0.320 e. The number of hydrogen-bond acceptors (Lipinski definition) is 3. The van der Waals surface area contributed by atoms with Crippen LogP contribution in [0.5, 0.6) is 0 Å². The van der Waals surface area contributed by atoms with Gasteiger partial charge >= 0.3 is 6.18 Å². The van der Waals surface area contributed by atoms with E-state index in [1.54, 1.807) is 18.2 Å². The van der Waals surface area contributed by atoms with E-state index in [9.17, 15) is 13.2 Å². The van der Waals surface area contributed by atoms with E-state index in [2.05, 4.69) is 27.6 Å². The first-order valence-corrected chi connectivity index (χ1v) is 7.30. The second kappa shape index (κ2) is 5.55. The molecule has 2 nitrogen and oxygen atoms in total. The fourth-order valence-electron chi connectivity index (χ4n) is 1.47. The van der Waals surface area contributed by atoms with Crippen molar-refractivity contribution >= 4 is 45.5 Å². The van der Waals surface area contributed by atoms with Crippen molar-refractivity contribution in [2.45, 2.75) is 12.2 Å². The molecule has 1 aromatic heterocycles. The molecule has 0 saturated heterocycles. The van der Waals surface area contributed by atoms with Gasteiger partial charge < -0.3 is 5.73 Å². The average Bonchev–Trinajstić information content (AvgIpc) is 2.80. The number of alkyl halides is 3. The fourth-order valence-corrected chi connectivity index (χ4v) is 3.12. The van der Waals surface area contributed by atoms with Crippen molar-refractivity contribution in [1.29, 1.82) is 0 Å². The molecule has 0 aliphatic heterocycles. The second-order valence-corrected chi connectivity index (χ2v) is 6.37. The predicted octanol–water partition coefficient (Wildman–Crippen LogP) is 4.47. The van der Waals surface area contributed by atoms with Crippen LogP contribution < -0.4 is 5.73 Å². The lowest BCUT2D eigenvalue weighted by atomic mass is 10.1. The normalized spacial score (nSPS) is 13.6. The van der Waals surface area contributed by atoms with Crippen molar-refractivity contribution in [3.8, 4) is 0 Å². The van der Waals surface area contributed by atoms with Crippen molar-refractivity contribution in [3.05, 3.63) is 48.4 Å². The molecule has 1 unspecified atom stereocenters. The Kier molecular flexibility index (Phi) is 4.38. The van der Waals surface area contributed by atoms with E-state index in [1.165, 1.54) is 0 Å². The van der Waals surface area contributed by atoms with Crippen LogP contribution in [0.4, 0.5) is 13.2 Å². The van der Waals surface area contributed by atoms with Crippen LogP contribution in [0.3, 0.4) is 0 Å². The Morgan fingerprint density at radius 1 is 1.37 bits per heavy atom. The van der Waals surface area contributed by atoms with Crippen LogP contribution in [0.25, 0.3) is 0 Å².